The SMILES string of the molecule is CC1(C)C(=O)Nc2ncncc21.Cl. The topological polar surface area (TPSA) is 54.9 Å². The number of nitrogens with zero attached hydrogens (tertiary/aromatic N) is 2. The third kappa shape index (κ3) is 1.27. The first-order valence-corrected chi connectivity index (χ1v) is 3.74. The minimum atomic E-state index is -0.489. The normalized spacial score (nSPS) is 17.2. The number of carbonyl (C=O) groups excluding carboxylic acids is 1. The van der Waals surface area contributed by atoms with E-state index in [-0.39, 0.29) is 18.3 Å². The van der Waals surface area contributed by atoms with Crippen LogP contribution in [0.5, 0.6) is 0 Å². The molecule has 1 N–H and O–H groups in total. The number of hydrogen-bond acceptors (Lipinski definition) is 3. The van der Waals surface area contributed by atoms with Crippen molar-refractivity contribution in [3.8, 4) is 0 Å². The summed E-state index contributed by atoms with van der Waals surface area (Å²) in [5, 5.41) is 2.70. The summed E-state index contributed by atoms with van der Waals surface area (Å²) in [7, 11) is 0. The van der Waals surface area contributed by atoms with Gasteiger partial charge in [-0.1, -0.05) is 0 Å². The van der Waals surface area contributed by atoms with Crippen molar-refractivity contribution in [2.45, 2.75) is 19.3 Å². The molecule has 13 heavy (non-hydrogen) atoms. The van der Waals surface area contributed by atoms with Crippen LogP contribution in [0.1, 0.15) is 19.4 Å². The number of aromatic nitrogens is 2. The molecule has 0 radical (unpaired) electrons. The maximum Gasteiger partial charge on any atom is 0.235 e. The van der Waals surface area contributed by atoms with Crippen LogP contribution < -0.4 is 5.32 Å². The van der Waals surface area contributed by atoms with Crippen molar-refractivity contribution in [3.63, 3.8) is 0 Å². The van der Waals surface area contributed by atoms with E-state index >= 15 is 0 Å². The standard InChI is InChI=1S/C8H9N3O.ClH/c1-8(2)5-3-9-4-10-6(5)11-7(8)12;/h3-4H,1-2H3,(H,9,10,11,12);1H. The van der Waals surface area contributed by atoms with Gasteiger partial charge in [-0.2, -0.15) is 0 Å². The Balaban J connectivity index is 0.000000845. The molecule has 0 unspecified atom stereocenters. The van der Waals surface area contributed by atoms with Crippen LogP contribution in [0.15, 0.2) is 12.5 Å². The molecule has 5 heteroatoms. The first-order chi connectivity index (χ1) is 5.62. The van der Waals surface area contributed by atoms with Crippen LogP contribution in [-0.2, 0) is 10.2 Å². The number of hydrogen-bond donors (Lipinski definition) is 1. The second kappa shape index (κ2) is 2.96. The van der Waals surface area contributed by atoms with E-state index in [1.54, 1.807) is 6.20 Å². The van der Waals surface area contributed by atoms with E-state index in [0.29, 0.717) is 5.82 Å². The van der Waals surface area contributed by atoms with Gasteiger partial charge < -0.3 is 5.32 Å². The lowest BCUT2D eigenvalue weighted by molar-refractivity contribution is -0.119. The summed E-state index contributed by atoms with van der Waals surface area (Å²) in [5.41, 5.74) is 0.381. The van der Waals surface area contributed by atoms with Crippen LogP contribution in [0.3, 0.4) is 0 Å². The van der Waals surface area contributed by atoms with E-state index in [9.17, 15) is 4.79 Å². The minimum Gasteiger partial charge on any atom is -0.310 e. The zero-order valence-electron chi connectivity index (χ0n) is 7.37. The summed E-state index contributed by atoms with van der Waals surface area (Å²) in [6.45, 7) is 3.72. The zero-order valence-corrected chi connectivity index (χ0v) is 8.18. The second-order valence-corrected chi connectivity index (χ2v) is 3.36. The fraction of sp³-hybridized carbons (Fsp3) is 0.375. The third-order valence-electron chi connectivity index (χ3n) is 2.19. The van der Waals surface area contributed by atoms with Gasteiger partial charge in [0.15, 0.2) is 0 Å². The lowest BCUT2D eigenvalue weighted by Crippen LogP contribution is -2.26. The molecule has 0 saturated carbocycles. The maximum absolute atomic E-state index is 11.4. The van der Waals surface area contributed by atoms with Crippen molar-refractivity contribution in [1.82, 2.24) is 9.97 Å². The van der Waals surface area contributed by atoms with Crippen LogP contribution in [0, 0.1) is 0 Å². The Bertz CT molecular complexity index is 351. The van der Waals surface area contributed by atoms with Crippen molar-refractivity contribution >= 4 is 24.1 Å². The number of anilines is 1. The van der Waals surface area contributed by atoms with Crippen molar-refractivity contribution in [2.24, 2.45) is 0 Å². The predicted molar refractivity (Wildman–Crippen MR) is 50.9 cm³/mol. The second-order valence-electron chi connectivity index (χ2n) is 3.36. The molecule has 1 aromatic heterocycles. The van der Waals surface area contributed by atoms with Gasteiger partial charge in [0.05, 0.1) is 5.41 Å². The summed E-state index contributed by atoms with van der Waals surface area (Å²) in [5.74, 6) is 0.623. The van der Waals surface area contributed by atoms with Crippen molar-refractivity contribution in [1.29, 1.82) is 0 Å². The Morgan fingerprint density at radius 1 is 1.46 bits per heavy atom. The van der Waals surface area contributed by atoms with E-state index in [2.05, 4.69) is 15.3 Å². The van der Waals surface area contributed by atoms with Crippen LogP contribution in [-0.4, -0.2) is 15.9 Å². The first kappa shape index (κ1) is 9.92. The molecular weight excluding hydrogens is 190 g/mol. The van der Waals surface area contributed by atoms with E-state index in [1.807, 2.05) is 13.8 Å². The number of amides is 1. The number of fused-ring (bicyclic) bond motifs is 1. The van der Waals surface area contributed by atoms with Gasteiger partial charge in [-0.15, -0.1) is 12.4 Å². The van der Waals surface area contributed by atoms with Crippen LogP contribution in [0.25, 0.3) is 0 Å². The Hall–Kier alpha value is -1.16. The summed E-state index contributed by atoms with van der Waals surface area (Å²) >= 11 is 0. The quantitative estimate of drug-likeness (QED) is 0.682. The lowest BCUT2D eigenvalue weighted by atomic mass is 9.88. The monoisotopic (exact) mass is 199 g/mol. The summed E-state index contributed by atoms with van der Waals surface area (Å²) < 4.78 is 0. The molecule has 70 valence electrons. The zero-order chi connectivity index (χ0) is 8.77. The van der Waals surface area contributed by atoms with Gasteiger partial charge in [0, 0.05) is 11.8 Å². The Labute approximate surface area is 82.2 Å². The van der Waals surface area contributed by atoms with E-state index in [0.717, 1.165) is 5.56 Å². The number of rotatable bonds is 0. The lowest BCUT2D eigenvalue weighted by Gasteiger charge is -2.12. The van der Waals surface area contributed by atoms with Gasteiger partial charge in [-0.25, -0.2) is 9.97 Å². The molecule has 0 fully saturated rings. The highest BCUT2D eigenvalue weighted by molar-refractivity contribution is 6.04. The molecule has 0 spiro atoms. The summed E-state index contributed by atoms with van der Waals surface area (Å²) in [6, 6.07) is 0. The molecule has 1 aromatic rings. The minimum absolute atomic E-state index is 0. The highest BCUT2D eigenvalue weighted by Crippen LogP contribution is 2.34. The van der Waals surface area contributed by atoms with E-state index in [1.165, 1.54) is 6.33 Å². The molecule has 2 heterocycles. The largest absolute Gasteiger partial charge is 0.310 e. The van der Waals surface area contributed by atoms with Crippen molar-refractivity contribution in [3.05, 3.63) is 18.1 Å². The van der Waals surface area contributed by atoms with Crippen molar-refractivity contribution in [2.75, 3.05) is 5.32 Å². The first-order valence-electron chi connectivity index (χ1n) is 3.74. The average molecular weight is 200 g/mol. The van der Waals surface area contributed by atoms with Gasteiger partial charge in [0.25, 0.3) is 0 Å². The van der Waals surface area contributed by atoms with Crippen LogP contribution in [0.4, 0.5) is 5.82 Å². The summed E-state index contributed by atoms with van der Waals surface area (Å²) in [6.07, 6.45) is 3.11. The van der Waals surface area contributed by atoms with Gasteiger partial charge in [-0.05, 0) is 13.8 Å². The maximum atomic E-state index is 11.4. The number of nitrogens with one attached hydrogen (secondary N) is 1. The third-order valence-corrected chi connectivity index (χ3v) is 2.19. The summed E-state index contributed by atoms with van der Waals surface area (Å²) in [4.78, 5) is 19.2. The molecule has 4 nitrogen and oxygen atoms in total. The fourth-order valence-corrected chi connectivity index (χ4v) is 1.27. The van der Waals surface area contributed by atoms with Gasteiger partial charge in [0.1, 0.15) is 12.1 Å². The number of carbonyl (C=O) groups is 1. The molecule has 1 amide bonds. The van der Waals surface area contributed by atoms with Crippen LogP contribution in [0.2, 0.25) is 0 Å². The number of halogens is 1. The smallest absolute Gasteiger partial charge is 0.235 e. The Morgan fingerprint density at radius 2 is 2.15 bits per heavy atom. The van der Waals surface area contributed by atoms with Crippen LogP contribution >= 0.6 is 12.4 Å². The molecule has 2 rings (SSSR count). The van der Waals surface area contributed by atoms with E-state index in [4.69, 9.17) is 0 Å². The predicted octanol–water partition coefficient (Wildman–Crippen LogP) is 1.13. The molecule has 0 aromatic carbocycles. The molecular formula is C8H10ClN3O. The molecule has 0 bridgehead atoms. The molecule has 1 aliphatic rings. The fourth-order valence-electron chi connectivity index (χ4n) is 1.27. The Morgan fingerprint density at radius 3 is 2.77 bits per heavy atom. The molecule has 0 saturated heterocycles. The molecule has 0 aliphatic carbocycles. The van der Waals surface area contributed by atoms with Crippen molar-refractivity contribution < 1.29 is 4.79 Å². The van der Waals surface area contributed by atoms with Gasteiger partial charge in [0.2, 0.25) is 5.91 Å². The molecule has 0 atom stereocenters. The van der Waals surface area contributed by atoms with Gasteiger partial charge >= 0.3 is 0 Å². The van der Waals surface area contributed by atoms with E-state index < -0.39 is 5.41 Å². The highest BCUT2D eigenvalue weighted by Gasteiger charge is 2.39. The Kier molecular flexibility index (Phi) is 2.26. The molecule has 1 aliphatic heterocycles. The average Bonchev–Trinajstić information content (AvgIpc) is 2.25. The highest BCUT2D eigenvalue weighted by atomic mass is 35.5. The van der Waals surface area contributed by atoms with Gasteiger partial charge in [-0.3, -0.25) is 4.79 Å².